The molecule has 0 fully saturated rings. The number of hydrogen-bond donors (Lipinski definition) is 1. The van der Waals surface area contributed by atoms with Gasteiger partial charge in [0.2, 0.25) is 5.89 Å². The number of methoxy groups -OCH3 is 1. The smallest absolute Gasteiger partial charge is 0.265 e. The molecule has 7 nitrogen and oxygen atoms in total. The molecule has 1 N–H and O–H groups in total. The van der Waals surface area contributed by atoms with Gasteiger partial charge in [0.15, 0.2) is 0 Å². The third kappa shape index (κ3) is 3.44. The molecule has 2 heterocycles. The summed E-state index contributed by atoms with van der Waals surface area (Å²) in [6, 6.07) is 5.81. The van der Waals surface area contributed by atoms with Crippen LogP contribution in [0, 0.1) is 0 Å². The maximum atomic E-state index is 5.23. The van der Waals surface area contributed by atoms with Crippen LogP contribution in [-0.2, 0) is 12.8 Å². The summed E-state index contributed by atoms with van der Waals surface area (Å²) in [6.07, 6.45) is 2.57. The lowest BCUT2D eigenvalue weighted by atomic mass is 10.3. The highest BCUT2D eigenvalue weighted by atomic mass is 16.5. The van der Waals surface area contributed by atoms with E-state index < -0.39 is 0 Å². The van der Waals surface area contributed by atoms with Crippen LogP contribution in [0.3, 0.4) is 0 Å². The molecule has 3 rings (SSSR count). The van der Waals surface area contributed by atoms with E-state index in [4.69, 9.17) is 9.26 Å². The zero-order valence-corrected chi connectivity index (χ0v) is 13.7. The van der Waals surface area contributed by atoms with Crippen LogP contribution in [0.5, 0.6) is 5.75 Å². The number of fused-ring (bicyclic) bond motifs is 1. The molecule has 0 amide bonds. The van der Waals surface area contributed by atoms with Gasteiger partial charge in [-0.25, -0.2) is 4.98 Å². The van der Waals surface area contributed by atoms with Crippen LogP contribution >= 0.6 is 0 Å². The fourth-order valence-electron chi connectivity index (χ4n) is 2.38. The summed E-state index contributed by atoms with van der Waals surface area (Å²) in [7, 11) is 3.61. The van der Waals surface area contributed by atoms with Gasteiger partial charge in [-0.1, -0.05) is 6.92 Å². The first kappa shape index (κ1) is 15.3. The summed E-state index contributed by atoms with van der Waals surface area (Å²) in [6.45, 7) is 2.84. The molecule has 0 aliphatic heterocycles. The van der Waals surface area contributed by atoms with Crippen molar-refractivity contribution in [2.24, 2.45) is 0 Å². The van der Waals surface area contributed by atoms with E-state index in [-0.39, 0.29) is 0 Å². The second kappa shape index (κ2) is 6.68. The monoisotopic (exact) mass is 315 g/mol. The highest BCUT2D eigenvalue weighted by molar-refractivity contribution is 5.76. The third-order valence-corrected chi connectivity index (χ3v) is 3.68. The first-order valence-electron chi connectivity index (χ1n) is 7.76. The van der Waals surface area contributed by atoms with Crippen molar-refractivity contribution in [2.45, 2.75) is 26.2 Å². The van der Waals surface area contributed by atoms with Crippen molar-refractivity contribution in [1.82, 2.24) is 20.1 Å². The molecule has 0 aliphatic carbocycles. The zero-order valence-electron chi connectivity index (χ0n) is 13.7. The Kier molecular flexibility index (Phi) is 4.45. The van der Waals surface area contributed by atoms with Gasteiger partial charge in [0.05, 0.1) is 18.1 Å². The number of ether oxygens (including phenoxy) is 1. The molecule has 7 heteroatoms. The molecule has 1 aromatic carbocycles. The van der Waals surface area contributed by atoms with Crippen molar-refractivity contribution in [2.75, 3.05) is 25.6 Å². The van der Waals surface area contributed by atoms with E-state index in [1.54, 1.807) is 7.11 Å². The maximum absolute atomic E-state index is 5.23. The molecule has 23 heavy (non-hydrogen) atoms. The molecule has 122 valence electrons. The van der Waals surface area contributed by atoms with E-state index in [1.165, 1.54) is 0 Å². The van der Waals surface area contributed by atoms with Gasteiger partial charge in [-0.3, -0.25) is 0 Å². The lowest BCUT2D eigenvalue weighted by Gasteiger charge is -2.12. The topological polar surface area (TPSA) is 80.1 Å². The number of hydrogen-bond acceptors (Lipinski definition) is 6. The van der Waals surface area contributed by atoms with Gasteiger partial charge in [-0.15, -0.1) is 0 Å². The average Bonchev–Trinajstić information content (AvgIpc) is 3.18. The van der Waals surface area contributed by atoms with E-state index in [2.05, 4.69) is 27.0 Å². The quantitative estimate of drug-likeness (QED) is 0.722. The second-order valence-electron chi connectivity index (χ2n) is 5.48. The van der Waals surface area contributed by atoms with E-state index in [0.717, 1.165) is 48.4 Å². The highest BCUT2D eigenvalue weighted by Gasteiger charge is 2.11. The molecule has 0 saturated heterocycles. The summed E-state index contributed by atoms with van der Waals surface area (Å²) in [5.41, 5.74) is 1.92. The number of nitrogens with one attached hydrogen (secondary N) is 1. The van der Waals surface area contributed by atoms with Crippen molar-refractivity contribution in [1.29, 1.82) is 0 Å². The molecular weight excluding hydrogens is 294 g/mol. The van der Waals surface area contributed by atoms with Gasteiger partial charge in [-0.2, -0.15) is 4.98 Å². The molecule has 2 aromatic heterocycles. The van der Waals surface area contributed by atoms with Crippen molar-refractivity contribution < 1.29 is 9.26 Å². The summed E-state index contributed by atoms with van der Waals surface area (Å²) in [4.78, 5) is 14.3. The van der Waals surface area contributed by atoms with E-state index in [9.17, 15) is 0 Å². The largest absolute Gasteiger partial charge is 0.497 e. The third-order valence-electron chi connectivity index (χ3n) is 3.68. The van der Waals surface area contributed by atoms with Gasteiger partial charge in [0.1, 0.15) is 11.6 Å². The lowest BCUT2D eigenvalue weighted by Crippen LogP contribution is -2.21. The molecule has 0 radical (unpaired) electrons. The number of imidazole rings is 1. The van der Waals surface area contributed by atoms with Crippen LogP contribution in [0.25, 0.3) is 11.0 Å². The number of nitrogens with zero attached hydrogens (tertiary/aromatic N) is 4. The van der Waals surface area contributed by atoms with E-state index >= 15 is 0 Å². The average molecular weight is 315 g/mol. The van der Waals surface area contributed by atoms with Crippen LogP contribution in [0.1, 0.15) is 25.1 Å². The van der Waals surface area contributed by atoms with Crippen molar-refractivity contribution in [3.63, 3.8) is 0 Å². The van der Waals surface area contributed by atoms with Crippen LogP contribution in [0.15, 0.2) is 22.7 Å². The predicted molar refractivity (Wildman–Crippen MR) is 87.9 cm³/mol. The summed E-state index contributed by atoms with van der Waals surface area (Å²) < 4.78 is 10.4. The van der Waals surface area contributed by atoms with Crippen LogP contribution in [0.2, 0.25) is 0 Å². The first-order valence-corrected chi connectivity index (χ1v) is 7.76. The molecule has 0 spiro atoms. The Balaban J connectivity index is 1.64. The minimum Gasteiger partial charge on any atom is -0.497 e. The Hall–Kier alpha value is -2.57. The Morgan fingerprint density at radius 2 is 2.13 bits per heavy atom. The normalized spacial score (nSPS) is 11.1. The van der Waals surface area contributed by atoms with Gasteiger partial charge in [0, 0.05) is 32.5 Å². The highest BCUT2D eigenvalue weighted by Crippen LogP contribution is 2.19. The number of H-pyrrole nitrogens is 1. The van der Waals surface area contributed by atoms with E-state index in [0.29, 0.717) is 11.8 Å². The predicted octanol–water partition coefficient (Wildman–Crippen LogP) is 2.59. The number of aromatic amines is 1. The van der Waals surface area contributed by atoms with E-state index in [1.807, 2.05) is 30.1 Å². The number of aromatic nitrogens is 4. The van der Waals surface area contributed by atoms with Crippen LogP contribution in [-0.4, -0.2) is 40.8 Å². The lowest BCUT2D eigenvalue weighted by molar-refractivity contribution is 0.376. The number of benzene rings is 1. The molecule has 3 aromatic rings. The van der Waals surface area contributed by atoms with Crippen molar-refractivity contribution >= 4 is 17.0 Å². The zero-order chi connectivity index (χ0) is 16.2. The summed E-state index contributed by atoms with van der Waals surface area (Å²) >= 11 is 0. The summed E-state index contributed by atoms with van der Waals surface area (Å²) in [5.74, 6) is 3.05. The van der Waals surface area contributed by atoms with Gasteiger partial charge in [0.25, 0.3) is 5.95 Å². The van der Waals surface area contributed by atoms with Crippen molar-refractivity contribution in [3.05, 3.63) is 29.9 Å². The molecule has 0 bridgehead atoms. The SMILES string of the molecule is CCCc1nc(N(C)CCc2nc3ccc(OC)cc3[nH]2)no1. The van der Waals surface area contributed by atoms with Gasteiger partial charge in [-0.05, 0) is 23.7 Å². The number of likely N-dealkylation sites (N-methyl/N-ethyl adjacent to an activating group) is 1. The first-order chi connectivity index (χ1) is 11.2. The number of anilines is 1. The Bertz CT molecular complexity index is 780. The molecule has 0 unspecified atom stereocenters. The maximum Gasteiger partial charge on any atom is 0.265 e. The summed E-state index contributed by atoms with van der Waals surface area (Å²) in [5, 5.41) is 4.01. The minimum atomic E-state index is 0.617. The Morgan fingerprint density at radius 3 is 2.91 bits per heavy atom. The number of rotatable bonds is 7. The Morgan fingerprint density at radius 1 is 1.26 bits per heavy atom. The van der Waals surface area contributed by atoms with Crippen LogP contribution in [0.4, 0.5) is 5.95 Å². The second-order valence-corrected chi connectivity index (χ2v) is 5.48. The van der Waals surface area contributed by atoms with Crippen LogP contribution < -0.4 is 9.64 Å². The molecule has 0 atom stereocenters. The van der Waals surface area contributed by atoms with Gasteiger partial charge < -0.3 is 19.1 Å². The van der Waals surface area contributed by atoms with Crippen molar-refractivity contribution in [3.8, 4) is 5.75 Å². The minimum absolute atomic E-state index is 0.617. The number of aryl methyl sites for hydroxylation is 1. The molecule has 0 aliphatic rings. The fraction of sp³-hybridized carbons (Fsp3) is 0.438. The fourth-order valence-corrected chi connectivity index (χ4v) is 2.38. The van der Waals surface area contributed by atoms with Gasteiger partial charge >= 0.3 is 0 Å². The molecular formula is C16H21N5O2. The standard InChI is InChI=1S/C16H21N5O2/c1-4-5-15-19-16(20-23-15)21(2)9-8-14-17-12-7-6-11(22-3)10-13(12)18-14/h6-7,10H,4-5,8-9H2,1-3H3,(H,17,18). The molecule has 0 saturated carbocycles. The Labute approximate surface area is 134 Å².